The molecule has 3 rings (SSSR count). The van der Waals surface area contributed by atoms with Crippen LogP contribution in [0.4, 0.5) is 0 Å². The van der Waals surface area contributed by atoms with Crippen LogP contribution in [0.15, 0.2) is 30.6 Å². The van der Waals surface area contributed by atoms with E-state index in [0.29, 0.717) is 0 Å². The number of nitrogens with zero attached hydrogens (tertiary/aromatic N) is 2. The van der Waals surface area contributed by atoms with Crippen molar-refractivity contribution < 1.29 is 0 Å². The number of hydrogen-bond acceptors (Lipinski definition) is 3. The van der Waals surface area contributed by atoms with Crippen LogP contribution in [0.3, 0.4) is 0 Å². The summed E-state index contributed by atoms with van der Waals surface area (Å²) in [4.78, 5) is 8.92. The molecule has 2 nitrogen and oxygen atoms in total. The van der Waals surface area contributed by atoms with Crippen molar-refractivity contribution in [2.24, 2.45) is 0 Å². The van der Waals surface area contributed by atoms with Gasteiger partial charge in [0.15, 0.2) is 0 Å². The SMILES string of the molecule is CC(C)(C)c1ncnc2c1sc1ccccc12. The van der Waals surface area contributed by atoms with E-state index in [4.69, 9.17) is 0 Å². The molecule has 0 aliphatic carbocycles. The first-order valence-electron chi connectivity index (χ1n) is 5.70. The van der Waals surface area contributed by atoms with Gasteiger partial charge in [-0.25, -0.2) is 9.97 Å². The molecule has 0 radical (unpaired) electrons. The minimum Gasteiger partial charge on any atom is -0.239 e. The number of rotatable bonds is 0. The van der Waals surface area contributed by atoms with Crippen molar-refractivity contribution in [1.82, 2.24) is 9.97 Å². The van der Waals surface area contributed by atoms with Gasteiger partial charge in [-0.05, 0) is 6.07 Å². The molecule has 0 unspecified atom stereocenters. The molecule has 2 heterocycles. The van der Waals surface area contributed by atoms with E-state index in [9.17, 15) is 0 Å². The van der Waals surface area contributed by atoms with Gasteiger partial charge in [0.2, 0.25) is 0 Å². The van der Waals surface area contributed by atoms with E-state index >= 15 is 0 Å². The van der Waals surface area contributed by atoms with E-state index < -0.39 is 0 Å². The minimum absolute atomic E-state index is 0.0576. The van der Waals surface area contributed by atoms with E-state index in [0.717, 1.165) is 11.2 Å². The molecule has 0 bridgehead atoms. The molecule has 3 heteroatoms. The van der Waals surface area contributed by atoms with Gasteiger partial charge < -0.3 is 0 Å². The molecule has 0 N–H and O–H groups in total. The van der Waals surface area contributed by atoms with E-state index in [1.165, 1.54) is 14.8 Å². The molecule has 0 atom stereocenters. The maximum atomic E-state index is 4.47. The summed E-state index contributed by atoms with van der Waals surface area (Å²) in [6, 6.07) is 8.41. The van der Waals surface area contributed by atoms with Gasteiger partial charge in [0.1, 0.15) is 6.33 Å². The Bertz CT molecular complexity index is 692. The number of thiophene rings is 1. The Morgan fingerprint density at radius 2 is 1.82 bits per heavy atom. The standard InChI is InChI=1S/C14H14N2S/c1-14(2,3)13-12-11(15-8-16-13)9-6-4-5-7-10(9)17-12/h4-8H,1-3H3. The van der Waals surface area contributed by atoms with Crippen LogP contribution in [0.1, 0.15) is 26.5 Å². The van der Waals surface area contributed by atoms with Gasteiger partial charge in [0.05, 0.1) is 15.9 Å². The summed E-state index contributed by atoms with van der Waals surface area (Å²) in [6.07, 6.45) is 1.68. The normalized spacial score (nSPS) is 12.4. The van der Waals surface area contributed by atoms with Crippen molar-refractivity contribution in [2.45, 2.75) is 26.2 Å². The Morgan fingerprint density at radius 1 is 1.06 bits per heavy atom. The van der Waals surface area contributed by atoms with E-state index in [1.54, 1.807) is 17.7 Å². The molecule has 1 aromatic carbocycles. The first-order chi connectivity index (χ1) is 8.07. The number of benzene rings is 1. The molecule has 17 heavy (non-hydrogen) atoms. The van der Waals surface area contributed by atoms with Crippen molar-refractivity contribution in [3.05, 3.63) is 36.3 Å². The van der Waals surface area contributed by atoms with E-state index in [1.807, 2.05) is 0 Å². The lowest BCUT2D eigenvalue weighted by Crippen LogP contribution is -2.13. The zero-order valence-electron chi connectivity index (χ0n) is 10.2. The van der Waals surface area contributed by atoms with E-state index in [2.05, 4.69) is 55.0 Å². The Morgan fingerprint density at radius 3 is 2.59 bits per heavy atom. The summed E-state index contributed by atoms with van der Waals surface area (Å²) in [5, 5.41) is 1.24. The quantitative estimate of drug-likeness (QED) is 0.592. The smallest absolute Gasteiger partial charge is 0.116 e. The molecule has 0 saturated heterocycles. The van der Waals surface area contributed by atoms with Gasteiger partial charge in [-0.2, -0.15) is 0 Å². The fraction of sp³-hybridized carbons (Fsp3) is 0.286. The van der Waals surface area contributed by atoms with E-state index in [-0.39, 0.29) is 5.41 Å². The van der Waals surface area contributed by atoms with Crippen molar-refractivity contribution in [3.8, 4) is 0 Å². The van der Waals surface area contributed by atoms with Crippen molar-refractivity contribution in [3.63, 3.8) is 0 Å². The maximum absolute atomic E-state index is 4.47. The van der Waals surface area contributed by atoms with Crippen LogP contribution in [-0.2, 0) is 5.41 Å². The van der Waals surface area contributed by atoms with Crippen LogP contribution >= 0.6 is 11.3 Å². The second-order valence-electron chi connectivity index (χ2n) is 5.25. The minimum atomic E-state index is 0.0576. The van der Waals surface area contributed by atoms with Gasteiger partial charge >= 0.3 is 0 Å². The number of aromatic nitrogens is 2. The summed E-state index contributed by atoms with van der Waals surface area (Å²) in [5.74, 6) is 0. The third-order valence-corrected chi connectivity index (χ3v) is 4.04. The zero-order valence-corrected chi connectivity index (χ0v) is 11.0. The molecule has 86 valence electrons. The lowest BCUT2D eigenvalue weighted by molar-refractivity contribution is 0.575. The molecule has 0 amide bonds. The highest BCUT2D eigenvalue weighted by Crippen LogP contribution is 2.37. The molecular weight excluding hydrogens is 228 g/mol. The Hall–Kier alpha value is -1.48. The molecule has 0 fully saturated rings. The van der Waals surface area contributed by atoms with Crippen LogP contribution in [0, 0.1) is 0 Å². The predicted molar refractivity (Wildman–Crippen MR) is 73.6 cm³/mol. The van der Waals surface area contributed by atoms with Crippen LogP contribution in [-0.4, -0.2) is 9.97 Å². The molecule has 0 spiro atoms. The Labute approximate surface area is 104 Å². The summed E-state index contributed by atoms with van der Waals surface area (Å²) < 4.78 is 2.51. The van der Waals surface area contributed by atoms with Gasteiger partial charge in [0, 0.05) is 15.5 Å². The highest BCUT2D eigenvalue weighted by molar-refractivity contribution is 7.25. The third-order valence-electron chi connectivity index (χ3n) is 2.87. The molecule has 2 aromatic heterocycles. The molecule has 3 aromatic rings. The summed E-state index contributed by atoms with van der Waals surface area (Å²) >= 11 is 1.79. The average Bonchev–Trinajstić information content (AvgIpc) is 2.65. The monoisotopic (exact) mass is 242 g/mol. The summed E-state index contributed by atoms with van der Waals surface area (Å²) in [7, 11) is 0. The first kappa shape index (κ1) is 10.7. The average molecular weight is 242 g/mol. The van der Waals surface area contributed by atoms with Crippen LogP contribution in [0.2, 0.25) is 0 Å². The van der Waals surface area contributed by atoms with Gasteiger partial charge in [-0.1, -0.05) is 39.0 Å². The topological polar surface area (TPSA) is 25.8 Å². The summed E-state index contributed by atoms with van der Waals surface area (Å²) in [5.41, 5.74) is 2.29. The second-order valence-corrected chi connectivity index (χ2v) is 6.30. The molecule has 0 aliphatic heterocycles. The predicted octanol–water partition coefficient (Wildman–Crippen LogP) is 4.14. The van der Waals surface area contributed by atoms with Crippen molar-refractivity contribution >= 4 is 31.6 Å². The zero-order chi connectivity index (χ0) is 12.0. The fourth-order valence-electron chi connectivity index (χ4n) is 2.06. The highest BCUT2D eigenvalue weighted by atomic mass is 32.1. The van der Waals surface area contributed by atoms with Gasteiger partial charge in [-0.15, -0.1) is 11.3 Å². The largest absolute Gasteiger partial charge is 0.239 e. The lowest BCUT2D eigenvalue weighted by atomic mass is 9.91. The summed E-state index contributed by atoms with van der Waals surface area (Å²) in [6.45, 7) is 6.58. The molecular formula is C14H14N2S. The number of fused-ring (bicyclic) bond motifs is 3. The maximum Gasteiger partial charge on any atom is 0.116 e. The number of hydrogen-bond donors (Lipinski definition) is 0. The fourth-order valence-corrected chi connectivity index (χ4v) is 3.41. The highest BCUT2D eigenvalue weighted by Gasteiger charge is 2.21. The Balaban J connectivity index is 2.48. The first-order valence-corrected chi connectivity index (χ1v) is 6.52. The molecule has 0 saturated carbocycles. The lowest BCUT2D eigenvalue weighted by Gasteiger charge is -2.17. The van der Waals surface area contributed by atoms with Crippen LogP contribution < -0.4 is 0 Å². The van der Waals surface area contributed by atoms with Crippen LogP contribution in [0.25, 0.3) is 20.3 Å². The van der Waals surface area contributed by atoms with Crippen LogP contribution in [0.5, 0.6) is 0 Å². The molecule has 0 aliphatic rings. The van der Waals surface area contributed by atoms with Gasteiger partial charge in [-0.3, -0.25) is 0 Å². The Kier molecular flexibility index (Phi) is 2.20. The second kappa shape index (κ2) is 3.50. The van der Waals surface area contributed by atoms with Gasteiger partial charge in [0.25, 0.3) is 0 Å². The van der Waals surface area contributed by atoms with Crippen molar-refractivity contribution in [1.29, 1.82) is 0 Å². The van der Waals surface area contributed by atoms with Crippen molar-refractivity contribution in [2.75, 3.05) is 0 Å². The third kappa shape index (κ3) is 1.62.